The lowest BCUT2D eigenvalue weighted by Crippen LogP contribution is -2.43. The standard InChI is InChI=1S/C20H22ClN3O2/c1-14-11-15-5-3-4-6-18(15)24(14)20(26)13-23(2)12-19(25)22-17-9-7-16(21)8-10-17/h3-10,14H,11-13H2,1-2H3,(H,22,25). The minimum Gasteiger partial charge on any atom is -0.325 e. The van der Waals surface area contributed by atoms with Gasteiger partial charge in [0.1, 0.15) is 0 Å². The lowest BCUT2D eigenvalue weighted by Gasteiger charge is -2.25. The van der Waals surface area contributed by atoms with Crippen molar-refractivity contribution in [3.05, 3.63) is 59.1 Å². The number of amides is 2. The summed E-state index contributed by atoms with van der Waals surface area (Å²) in [7, 11) is 1.77. The number of nitrogens with zero attached hydrogens (tertiary/aromatic N) is 2. The molecule has 0 spiro atoms. The summed E-state index contributed by atoms with van der Waals surface area (Å²) in [4.78, 5) is 28.5. The van der Waals surface area contributed by atoms with Crippen LogP contribution >= 0.6 is 11.6 Å². The molecule has 1 unspecified atom stereocenters. The summed E-state index contributed by atoms with van der Waals surface area (Å²) in [5, 5.41) is 3.42. The van der Waals surface area contributed by atoms with Crippen molar-refractivity contribution in [3.63, 3.8) is 0 Å². The van der Waals surface area contributed by atoms with Gasteiger partial charge in [-0.25, -0.2) is 0 Å². The number of benzene rings is 2. The van der Waals surface area contributed by atoms with Gasteiger partial charge < -0.3 is 10.2 Å². The van der Waals surface area contributed by atoms with Crippen LogP contribution in [0.4, 0.5) is 11.4 Å². The van der Waals surface area contributed by atoms with E-state index in [0.717, 1.165) is 12.1 Å². The molecule has 0 saturated heterocycles. The molecule has 5 nitrogen and oxygen atoms in total. The lowest BCUT2D eigenvalue weighted by molar-refractivity contribution is -0.121. The third-order valence-corrected chi connectivity index (χ3v) is 4.67. The van der Waals surface area contributed by atoms with Crippen molar-refractivity contribution >= 4 is 34.8 Å². The molecule has 1 aliphatic rings. The second kappa shape index (κ2) is 7.89. The predicted molar refractivity (Wildman–Crippen MR) is 105 cm³/mol. The maximum absolute atomic E-state index is 12.7. The number of hydrogen-bond donors (Lipinski definition) is 1. The third kappa shape index (κ3) is 4.23. The van der Waals surface area contributed by atoms with E-state index in [4.69, 9.17) is 11.6 Å². The molecule has 3 rings (SSSR count). The molecule has 26 heavy (non-hydrogen) atoms. The number of likely N-dealkylation sites (N-methyl/N-ethyl adjacent to an activating group) is 1. The molecule has 2 aromatic rings. The van der Waals surface area contributed by atoms with E-state index in [0.29, 0.717) is 10.7 Å². The largest absolute Gasteiger partial charge is 0.325 e. The number of hydrogen-bond acceptors (Lipinski definition) is 3. The molecule has 136 valence electrons. The zero-order chi connectivity index (χ0) is 18.7. The van der Waals surface area contributed by atoms with Crippen LogP contribution in [0.25, 0.3) is 0 Å². The van der Waals surface area contributed by atoms with E-state index in [9.17, 15) is 9.59 Å². The van der Waals surface area contributed by atoms with Gasteiger partial charge in [0, 0.05) is 22.4 Å². The molecule has 0 fully saturated rings. The van der Waals surface area contributed by atoms with E-state index in [1.54, 1.807) is 36.2 Å². The van der Waals surface area contributed by atoms with Crippen molar-refractivity contribution in [2.24, 2.45) is 0 Å². The fraction of sp³-hybridized carbons (Fsp3) is 0.300. The topological polar surface area (TPSA) is 52.7 Å². The minimum atomic E-state index is -0.169. The zero-order valence-electron chi connectivity index (χ0n) is 14.9. The van der Waals surface area contributed by atoms with Crippen LogP contribution in [-0.2, 0) is 16.0 Å². The van der Waals surface area contributed by atoms with E-state index in [-0.39, 0.29) is 30.9 Å². The predicted octanol–water partition coefficient (Wildman–Crippen LogP) is 3.19. The number of rotatable bonds is 5. The average Bonchev–Trinajstić information content (AvgIpc) is 2.92. The van der Waals surface area contributed by atoms with Crippen molar-refractivity contribution in [3.8, 4) is 0 Å². The Kier molecular flexibility index (Phi) is 5.59. The highest BCUT2D eigenvalue weighted by atomic mass is 35.5. The Bertz CT molecular complexity index is 807. The van der Waals surface area contributed by atoms with E-state index < -0.39 is 0 Å². The van der Waals surface area contributed by atoms with Gasteiger partial charge in [0.15, 0.2) is 0 Å². The summed E-state index contributed by atoms with van der Waals surface area (Å²) in [6.07, 6.45) is 0.864. The molecule has 1 N–H and O–H groups in total. The molecule has 0 aromatic heterocycles. The van der Waals surface area contributed by atoms with Crippen molar-refractivity contribution in [2.75, 3.05) is 30.4 Å². The number of anilines is 2. The van der Waals surface area contributed by atoms with E-state index in [1.807, 2.05) is 30.0 Å². The molecule has 2 aromatic carbocycles. The number of carbonyl (C=O) groups excluding carboxylic acids is 2. The summed E-state index contributed by atoms with van der Waals surface area (Å²) in [5.41, 5.74) is 2.85. The molecular weight excluding hydrogens is 350 g/mol. The Morgan fingerprint density at radius 2 is 1.85 bits per heavy atom. The zero-order valence-corrected chi connectivity index (χ0v) is 15.7. The minimum absolute atomic E-state index is 0.00393. The van der Waals surface area contributed by atoms with Gasteiger partial charge in [-0.1, -0.05) is 29.8 Å². The second-order valence-corrected chi connectivity index (χ2v) is 7.11. The normalized spacial score (nSPS) is 15.8. The molecule has 1 atom stereocenters. The summed E-state index contributed by atoms with van der Waals surface area (Å²) >= 11 is 5.84. The number of carbonyl (C=O) groups is 2. The summed E-state index contributed by atoms with van der Waals surface area (Å²) in [6, 6.07) is 15.0. The van der Waals surface area contributed by atoms with Crippen molar-refractivity contribution in [1.82, 2.24) is 4.90 Å². The van der Waals surface area contributed by atoms with Crippen LogP contribution in [0.1, 0.15) is 12.5 Å². The number of nitrogens with one attached hydrogen (secondary N) is 1. The van der Waals surface area contributed by atoms with Gasteiger partial charge in [0.05, 0.1) is 13.1 Å². The first kappa shape index (κ1) is 18.4. The van der Waals surface area contributed by atoms with Gasteiger partial charge >= 0.3 is 0 Å². The Hall–Kier alpha value is -2.37. The van der Waals surface area contributed by atoms with Crippen LogP contribution in [0.15, 0.2) is 48.5 Å². The van der Waals surface area contributed by atoms with E-state index in [1.165, 1.54) is 5.56 Å². The molecule has 2 amide bonds. The third-order valence-electron chi connectivity index (χ3n) is 4.42. The molecule has 0 saturated carbocycles. The fourth-order valence-corrected chi connectivity index (χ4v) is 3.41. The number of fused-ring (bicyclic) bond motifs is 1. The molecule has 6 heteroatoms. The van der Waals surface area contributed by atoms with Gasteiger partial charge in [-0.15, -0.1) is 0 Å². The van der Waals surface area contributed by atoms with Gasteiger partial charge in [-0.3, -0.25) is 14.5 Å². The lowest BCUT2D eigenvalue weighted by atomic mass is 10.1. The second-order valence-electron chi connectivity index (χ2n) is 6.67. The molecule has 1 aliphatic heterocycles. The van der Waals surface area contributed by atoms with Crippen LogP contribution in [0.5, 0.6) is 0 Å². The first-order chi connectivity index (χ1) is 12.4. The average molecular weight is 372 g/mol. The van der Waals surface area contributed by atoms with Crippen molar-refractivity contribution in [2.45, 2.75) is 19.4 Å². The molecule has 0 radical (unpaired) electrons. The highest BCUT2D eigenvalue weighted by molar-refractivity contribution is 6.30. The summed E-state index contributed by atoms with van der Waals surface area (Å²) in [5.74, 6) is -0.165. The van der Waals surface area contributed by atoms with Crippen molar-refractivity contribution in [1.29, 1.82) is 0 Å². The van der Waals surface area contributed by atoms with Crippen LogP contribution in [0, 0.1) is 0 Å². The maximum Gasteiger partial charge on any atom is 0.241 e. The Morgan fingerprint density at radius 1 is 1.15 bits per heavy atom. The monoisotopic (exact) mass is 371 g/mol. The van der Waals surface area contributed by atoms with E-state index >= 15 is 0 Å². The van der Waals surface area contributed by atoms with Gasteiger partial charge in [-0.2, -0.15) is 0 Å². The maximum atomic E-state index is 12.7. The molecule has 0 aliphatic carbocycles. The first-order valence-corrected chi connectivity index (χ1v) is 8.96. The van der Waals surface area contributed by atoms with Crippen LogP contribution < -0.4 is 10.2 Å². The van der Waals surface area contributed by atoms with Crippen LogP contribution in [0.2, 0.25) is 5.02 Å². The Balaban J connectivity index is 1.56. The fourth-order valence-electron chi connectivity index (χ4n) is 3.29. The SMILES string of the molecule is CC1Cc2ccccc2N1C(=O)CN(C)CC(=O)Nc1ccc(Cl)cc1. The number of para-hydroxylation sites is 1. The highest BCUT2D eigenvalue weighted by Crippen LogP contribution is 2.31. The molecular formula is C20H22ClN3O2. The Morgan fingerprint density at radius 3 is 2.58 bits per heavy atom. The summed E-state index contributed by atoms with van der Waals surface area (Å²) in [6.45, 7) is 2.37. The van der Waals surface area contributed by atoms with Crippen LogP contribution in [0.3, 0.4) is 0 Å². The molecule has 0 bridgehead atoms. The van der Waals surface area contributed by atoms with Crippen molar-refractivity contribution < 1.29 is 9.59 Å². The Labute approximate surface area is 158 Å². The quantitative estimate of drug-likeness (QED) is 0.878. The first-order valence-electron chi connectivity index (χ1n) is 8.58. The highest BCUT2D eigenvalue weighted by Gasteiger charge is 2.30. The number of halogens is 1. The summed E-state index contributed by atoms with van der Waals surface area (Å²) < 4.78 is 0. The van der Waals surface area contributed by atoms with Gasteiger partial charge in [-0.05, 0) is 56.3 Å². The smallest absolute Gasteiger partial charge is 0.241 e. The van der Waals surface area contributed by atoms with Gasteiger partial charge in [0.25, 0.3) is 0 Å². The van der Waals surface area contributed by atoms with E-state index in [2.05, 4.69) is 11.4 Å². The van der Waals surface area contributed by atoms with Gasteiger partial charge in [0.2, 0.25) is 11.8 Å². The molecule has 1 heterocycles. The van der Waals surface area contributed by atoms with Crippen LogP contribution in [-0.4, -0.2) is 42.9 Å².